The molecule has 1 atom stereocenters. The molecule has 0 radical (unpaired) electrons. The maximum Gasteiger partial charge on any atom is 0.326 e. The van der Waals surface area contributed by atoms with Gasteiger partial charge >= 0.3 is 5.97 Å². The van der Waals surface area contributed by atoms with Crippen molar-refractivity contribution >= 4 is 22.4 Å². The van der Waals surface area contributed by atoms with Crippen LogP contribution in [-0.4, -0.2) is 29.1 Å². The number of hydrogen-bond acceptors (Lipinski definition) is 5. The van der Waals surface area contributed by atoms with E-state index in [-0.39, 0.29) is 0 Å². The van der Waals surface area contributed by atoms with E-state index in [0.29, 0.717) is 5.69 Å². The van der Waals surface area contributed by atoms with Crippen LogP contribution >= 0.6 is 11.3 Å². The molecule has 1 aromatic rings. The molecular weight excluding hydrogens is 238 g/mol. The van der Waals surface area contributed by atoms with Gasteiger partial charge in [-0.3, -0.25) is 4.79 Å². The number of thiazole rings is 1. The van der Waals surface area contributed by atoms with Gasteiger partial charge in [0, 0.05) is 18.5 Å². The van der Waals surface area contributed by atoms with Crippen LogP contribution in [0.1, 0.15) is 37.4 Å². The van der Waals surface area contributed by atoms with Gasteiger partial charge in [-0.25, -0.2) is 4.98 Å². The Morgan fingerprint density at radius 3 is 2.65 bits per heavy atom. The Morgan fingerprint density at radius 1 is 1.41 bits per heavy atom. The van der Waals surface area contributed by atoms with Gasteiger partial charge in [-0.2, -0.15) is 0 Å². The van der Waals surface area contributed by atoms with Gasteiger partial charge in [-0.05, 0) is 12.8 Å². The fourth-order valence-electron chi connectivity index (χ4n) is 1.95. The van der Waals surface area contributed by atoms with E-state index in [1.54, 1.807) is 5.38 Å². The number of nitrogens with two attached hydrogens (primary N) is 1. The van der Waals surface area contributed by atoms with Gasteiger partial charge in [0.2, 0.25) is 0 Å². The summed E-state index contributed by atoms with van der Waals surface area (Å²) < 4.78 is 0. The quantitative estimate of drug-likeness (QED) is 0.857. The Hall–Kier alpha value is -1.14. The molecule has 1 aliphatic rings. The average Bonchev–Trinajstić information content (AvgIpc) is 2.64. The molecule has 2 rings (SSSR count). The lowest BCUT2D eigenvalue weighted by molar-refractivity contribution is -0.138. The number of anilines is 1. The molecule has 3 N–H and O–H groups in total. The Morgan fingerprint density at radius 2 is 2.06 bits per heavy atom. The van der Waals surface area contributed by atoms with Crippen LogP contribution in [0.25, 0.3) is 0 Å². The number of carbonyl (C=O) groups is 1. The predicted molar refractivity (Wildman–Crippen MR) is 67.4 cm³/mol. The van der Waals surface area contributed by atoms with Crippen LogP contribution in [0.4, 0.5) is 5.13 Å². The van der Waals surface area contributed by atoms with E-state index in [9.17, 15) is 4.79 Å². The zero-order valence-corrected chi connectivity index (χ0v) is 10.4. The Labute approximate surface area is 104 Å². The van der Waals surface area contributed by atoms with Gasteiger partial charge in [0.15, 0.2) is 5.13 Å². The third-order valence-corrected chi connectivity index (χ3v) is 3.89. The first-order valence-electron chi connectivity index (χ1n) is 5.87. The van der Waals surface area contributed by atoms with E-state index in [1.807, 2.05) is 0 Å². The number of aliphatic carboxylic acids is 1. The minimum atomic E-state index is -1.03. The first-order chi connectivity index (χ1) is 8.18. The molecule has 94 valence electrons. The molecule has 1 aromatic heterocycles. The van der Waals surface area contributed by atoms with E-state index in [0.717, 1.165) is 18.2 Å². The number of hydrogen-bond donors (Lipinski definition) is 2. The molecule has 0 aromatic carbocycles. The topological polar surface area (TPSA) is 79.5 Å². The third kappa shape index (κ3) is 2.95. The summed E-state index contributed by atoms with van der Waals surface area (Å²) in [4.78, 5) is 17.3. The lowest BCUT2D eigenvalue weighted by Gasteiger charge is -2.18. The van der Waals surface area contributed by atoms with Crippen molar-refractivity contribution < 1.29 is 9.90 Å². The van der Waals surface area contributed by atoms with Crippen molar-refractivity contribution in [3.05, 3.63) is 11.1 Å². The van der Waals surface area contributed by atoms with Crippen LogP contribution in [0.2, 0.25) is 0 Å². The van der Waals surface area contributed by atoms with E-state index in [2.05, 4.69) is 9.88 Å². The maximum atomic E-state index is 10.8. The van der Waals surface area contributed by atoms with Crippen LogP contribution in [0.5, 0.6) is 0 Å². The first-order valence-corrected chi connectivity index (χ1v) is 6.75. The monoisotopic (exact) mass is 255 g/mol. The fourth-order valence-corrected chi connectivity index (χ4v) is 2.87. The van der Waals surface area contributed by atoms with Gasteiger partial charge < -0.3 is 15.7 Å². The summed E-state index contributed by atoms with van der Waals surface area (Å²) in [5.74, 6) is -1.03. The summed E-state index contributed by atoms with van der Waals surface area (Å²) in [6, 6.07) is -1.01. The summed E-state index contributed by atoms with van der Waals surface area (Å²) in [5, 5.41) is 11.5. The molecule has 1 fully saturated rings. The Balaban J connectivity index is 2.08. The normalized spacial score (nSPS) is 18.8. The highest BCUT2D eigenvalue weighted by molar-refractivity contribution is 7.13. The number of aromatic nitrogens is 1. The average molecular weight is 255 g/mol. The van der Waals surface area contributed by atoms with Crippen molar-refractivity contribution in [1.29, 1.82) is 0 Å². The molecule has 1 unspecified atom stereocenters. The van der Waals surface area contributed by atoms with E-state index in [4.69, 9.17) is 10.8 Å². The van der Waals surface area contributed by atoms with Crippen LogP contribution in [-0.2, 0) is 4.79 Å². The van der Waals surface area contributed by atoms with Gasteiger partial charge in [-0.1, -0.05) is 12.8 Å². The molecule has 0 bridgehead atoms. The molecule has 0 saturated carbocycles. The SMILES string of the molecule is NC(C(=O)O)c1csc(N2CCCCCC2)n1. The molecular formula is C11H17N3O2S. The standard InChI is InChI=1S/C11H17N3O2S/c12-9(10(15)16)8-7-17-11(13-8)14-5-3-1-2-4-6-14/h7,9H,1-6,12H2,(H,15,16). The smallest absolute Gasteiger partial charge is 0.326 e. The molecule has 17 heavy (non-hydrogen) atoms. The molecule has 1 saturated heterocycles. The van der Waals surface area contributed by atoms with Gasteiger partial charge in [-0.15, -0.1) is 11.3 Å². The first kappa shape index (κ1) is 12.3. The second-order valence-electron chi connectivity index (χ2n) is 4.27. The summed E-state index contributed by atoms with van der Waals surface area (Å²) in [5.41, 5.74) is 6.00. The molecule has 1 aliphatic heterocycles. The lowest BCUT2D eigenvalue weighted by Crippen LogP contribution is -2.24. The van der Waals surface area contributed by atoms with E-state index >= 15 is 0 Å². The number of carboxylic acids is 1. The zero-order valence-electron chi connectivity index (χ0n) is 9.63. The van der Waals surface area contributed by atoms with Crippen LogP contribution in [0.3, 0.4) is 0 Å². The highest BCUT2D eigenvalue weighted by Gasteiger charge is 2.20. The lowest BCUT2D eigenvalue weighted by atomic mass is 10.2. The molecule has 6 heteroatoms. The van der Waals surface area contributed by atoms with E-state index in [1.165, 1.54) is 37.0 Å². The van der Waals surface area contributed by atoms with Crippen molar-refractivity contribution in [2.75, 3.05) is 18.0 Å². The second-order valence-corrected chi connectivity index (χ2v) is 5.11. The molecule has 2 heterocycles. The zero-order chi connectivity index (χ0) is 12.3. The number of nitrogens with zero attached hydrogens (tertiary/aromatic N) is 2. The summed E-state index contributed by atoms with van der Waals surface area (Å²) in [6.07, 6.45) is 4.90. The molecule has 0 spiro atoms. The van der Waals surface area contributed by atoms with Crippen LogP contribution in [0, 0.1) is 0 Å². The van der Waals surface area contributed by atoms with Gasteiger partial charge in [0.1, 0.15) is 6.04 Å². The van der Waals surface area contributed by atoms with Crippen molar-refractivity contribution in [2.45, 2.75) is 31.7 Å². The second kappa shape index (κ2) is 5.46. The minimum absolute atomic E-state index is 0.460. The van der Waals surface area contributed by atoms with Gasteiger partial charge in [0.25, 0.3) is 0 Å². The highest BCUT2D eigenvalue weighted by Crippen LogP contribution is 2.25. The Bertz CT molecular complexity index is 386. The summed E-state index contributed by atoms with van der Waals surface area (Å²) in [7, 11) is 0. The predicted octanol–water partition coefficient (Wildman–Crippen LogP) is 1.61. The van der Waals surface area contributed by atoms with E-state index < -0.39 is 12.0 Å². The molecule has 0 amide bonds. The number of rotatable bonds is 3. The molecule has 0 aliphatic carbocycles. The van der Waals surface area contributed by atoms with Crippen molar-refractivity contribution in [3.63, 3.8) is 0 Å². The van der Waals surface area contributed by atoms with Crippen LogP contribution < -0.4 is 10.6 Å². The van der Waals surface area contributed by atoms with Crippen molar-refractivity contribution in [1.82, 2.24) is 4.98 Å². The summed E-state index contributed by atoms with van der Waals surface area (Å²) >= 11 is 1.48. The highest BCUT2D eigenvalue weighted by atomic mass is 32.1. The number of carboxylic acid groups (broad SMARTS) is 1. The van der Waals surface area contributed by atoms with Crippen molar-refractivity contribution in [2.24, 2.45) is 5.73 Å². The summed E-state index contributed by atoms with van der Waals surface area (Å²) in [6.45, 7) is 2.02. The van der Waals surface area contributed by atoms with Gasteiger partial charge in [0.05, 0.1) is 5.69 Å². The third-order valence-electron chi connectivity index (χ3n) is 2.97. The molecule has 5 nitrogen and oxygen atoms in total. The van der Waals surface area contributed by atoms with Crippen molar-refractivity contribution in [3.8, 4) is 0 Å². The minimum Gasteiger partial charge on any atom is -0.480 e. The maximum absolute atomic E-state index is 10.8. The Kier molecular flexibility index (Phi) is 3.96. The fraction of sp³-hybridized carbons (Fsp3) is 0.636. The largest absolute Gasteiger partial charge is 0.480 e. The van der Waals surface area contributed by atoms with Crippen LogP contribution in [0.15, 0.2) is 5.38 Å².